The molecule has 1 aromatic carbocycles. The standard InChI is InChI=1S/C18H29NO2/c1-13(2)6-11-16(18(3,4)5)19-12-14-7-9-15(10-8-14)17(20)21/h7-10,13,16,19H,6,11-12H2,1-5H3,(H,20,21). The molecule has 0 aliphatic rings. The molecule has 2 N–H and O–H groups in total. The molecule has 0 radical (unpaired) electrons. The predicted octanol–water partition coefficient (Wildman–Crippen LogP) is 4.33. The Balaban J connectivity index is 2.61. The summed E-state index contributed by atoms with van der Waals surface area (Å²) in [4.78, 5) is 10.8. The van der Waals surface area contributed by atoms with Crippen molar-refractivity contribution < 1.29 is 9.90 Å². The lowest BCUT2D eigenvalue weighted by Crippen LogP contribution is -2.40. The van der Waals surface area contributed by atoms with Crippen LogP contribution in [0.4, 0.5) is 0 Å². The first-order chi connectivity index (χ1) is 9.70. The molecular formula is C18H29NO2. The first-order valence-corrected chi connectivity index (χ1v) is 7.75. The van der Waals surface area contributed by atoms with Gasteiger partial charge in [0, 0.05) is 12.6 Å². The van der Waals surface area contributed by atoms with Crippen molar-refractivity contribution in [1.82, 2.24) is 5.32 Å². The summed E-state index contributed by atoms with van der Waals surface area (Å²) in [5.41, 5.74) is 1.68. The maximum atomic E-state index is 10.8. The SMILES string of the molecule is CC(C)CCC(NCc1ccc(C(=O)O)cc1)C(C)(C)C. The second-order valence-corrected chi connectivity index (χ2v) is 7.27. The van der Waals surface area contributed by atoms with E-state index in [0.29, 0.717) is 17.5 Å². The van der Waals surface area contributed by atoms with Gasteiger partial charge in [-0.25, -0.2) is 4.79 Å². The molecule has 0 aromatic heterocycles. The van der Waals surface area contributed by atoms with Crippen LogP contribution in [0.1, 0.15) is 63.4 Å². The second kappa shape index (κ2) is 7.60. The highest BCUT2D eigenvalue weighted by molar-refractivity contribution is 5.87. The Morgan fingerprint density at radius 2 is 1.71 bits per heavy atom. The Hall–Kier alpha value is -1.35. The summed E-state index contributed by atoms with van der Waals surface area (Å²) in [6.07, 6.45) is 2.38. The summed E-state index contributed by atoms with van der Waals surface area (Å²) in [5, 5.41) is 12.5. The van der Waals surface area contributed by atoms with E-state index in [1.54, 1.807) is 12.1 Å². The van der Waals surface area contributed by atoms with Crippen molar-refractivity contribution in [3.63, 3.8) is 0 Å². The van der Waals surface area contributed by atoms with E-state index < -0.39 is 5.97 Å². The average Bonchev–Trinajstić information content (AvgIpc) is 2.37. The zero-order valence-electron chi connectivity index (χ0n) is 13.9. The van der Waals surface area contributed by atoms with Crippen molar-refractivity contribution in [2.24, 2.45) is 11.3 Å². The highest BCUT2D eigenvalue weighted by atomic mass is 16.4. The van der Waals surface area contributed by atoms with Crippen molar-refractivity contribution >= 4 is 5.97 Å². The van der Waals surface area contributed by atoms with Gasteiger partial charge in [0.2, 0.25) is 0 Å². The topological polar surface area (TPSA) is 49.3 Å². The van der Waals surface area contributed by atoms with E-state index in [-0.39, 0.29) is 5.41 Å². The maximum absolute atomic E-state index is 10.8. The van der Waals surface area contributed by atoms with Crippen LogP contribution in [0.25, 0.3) is 0 Å². The highest BCUT2D eigenvalue weighted by Gasteiger charge is 2.23. The molecule has 0 amide bonds. The summed E-state index contributed by atoms with van der Waals surface area (Å²) in [7, 11) is 0. The van der Waals surface area contributed by atoms with Crippen LogP contribution in [0.15, 0.2) is 24.3 Å². The molecule has 0 heterocycles. The minimum atomic E-state index is -0.876. The lowest BCUT2D eigenvalue weighted by atomic mass is 9.82. The van der Waals surface area contributed by atoms with Crippen LogP contribution in [0.2, 0.25) is 0 Å². The van der Waals surface area contributed by atoms with Gasteiger partial charge in [0.25, 0.3) is 0 Å². The van der Waals surface area contributed by atoms with Crippen molar-refractivity contribution in [3.05, 3.63) is 35.4 Å². The van der Waals surface area contributed by atoms with Crippen LogP contribution < -0.4 is 5.32 Å². The first kappa shape index (κ1) is 17.7. The van der Waals surface area contributed by atoms with Gasteiger partial charge in [-0.2, -0.15) is 0 Å². The van der Waals surface area contributed by atoms with Gasteiger partial charge in [0.05, 0.1) is 5.56 Å². The fourth-order valence-corrected chi connectivity index (χ4v) is 2.35. The molecule has 3 heteroatoms. The number of aromatic carboxylic acids is 1. The quantitative estimate of drug-likeness (QED) is 0.786. The summed E-state index contributed by atoms with van der Waals surface area (Å²) in [5.74, 6) is -0.162. The molecule has 0 aliphatic heterocycles. The van der Waals surface area contributed by atoms with E-state index in [0.717, 1.165) is 18.5 Å². The molecule has 0 saturated carbocycles. The maximum Gasteiger partial charge on any atom is 0.335 e. The third-order valence-electron chi connectivity index (χ3n) is 3.83. The van der Waals surface area contributed by atoms with Crippen molar-refractivity contribution in [3.8, 4) is 0 Å². The number of carbonyl (C=O) groups is 1. The van der Waals surface area contributed by atoms with Gasteiger partial charge in [0.15, 0.2) is 0 Å². The molecule has 0 saturated heterocycles. The van der Waals surface area contributed by atoms with Crippen molar-refractivity contribution in [1.29, 1.82) is 0 Å². The molecule has 1 aromatic rings. The zero-order chi connectivity index (χ0) is 16.0. The third-order valence-corrected chi connectivity index (χ3v) is 3.83. The van der Waals surface area contributed by atoms with Crippen LogP contribution in [-0.4, -0.2) is 17.1 Å². The largest absolute Gasteiger partial charge is 0.478 e. The van der Waals surface area contributed by atoms with E-state index in [9.17, 15) is 4.79 Å². The number of benzene rings is 1. The molecule has 1 rings (SSSR count). The van der Waals surface area contributed by atoms with Crippen molar-refractivity contribution in [2.75, 3.05) is 0 Å². The number of carboxylic acids is 1. The van der Waals surface area contributed by atoms with Crippen molar-refractivity contribution in [2.45, 2.75) is 60.0 Å². The first-order valence-electron chi connectivity index (χ1n) is 7.75. The number of hydrogen-bond donors (Lipinski definition) is 2. The lowest BCUT2D eigenvalue weighted by molar-refractivity contribution is 0.0697. The Bertz CT molecular complexity index is 443. The van der Waals surface area contributed by atoms with E-state index in [1.807, 2.05) is 12.1 Å². The van der Waals surface area contributed by atoms with Crippen LogP contribution in [0.3, 0.4) is 0 Å². The monoisotopic (exact) mass is 291 g/mol. The van der Waals surface area contributed by atoms with E-state index in [1.165, 1.54) is 6.42 Å². The molecule has 0 bridgehead atoms. The predicted molar refractivity (Wildman–Crippen MR) is 87.6 cm³/mol. The van der Waals surface area contributed by atoms with Gasteiger partial charge in [0.1, 0.15) is 0 Å². The zero-order valence-corrected chi connectivity index (χ0v) is 13.9. The summed E-state index contributed by atoms with van der Waals surface area (Å²) < 4.78 is 0. The second-order valence-electron chi connectivity index (χ2n) is 7.27. The number of rotatable bonds is 7. The molecular weight excluding hydrogens is 262 g/mol. The normalized spacial score (nSPS) is 13.4. The van der Waals surface area contributed by atoms with Gasteiger partial charge < -0.3 is 10.4 Å². The number of hydrogen-bond acceptors (Lipinski definition) is 2. The minimum Gasteiger partial charge on any atom is -0.478 e. The van der Waals surface area contributed by atoms with E-state index >= 15 is 0 Å². The molecule has 0 aliphatic carbocycles. The van der Waals surface area contributed by atoms with Gasteiger partial charge >= 0.3 is 5.97 Å². The Morgan fingerprint density at radius 3 is 2.14 bits per heavy atom. The number of nitrogens with one attached hydrogen (secondary N) is 1. The highest BCUT2D eigenvalue weighted by Crippen LogP contribution is 2.24. The molecule has 1 atom stereocenters. The minimum absolute atomic E-state index is 0.218. The summed E-state index contributed by atoms with van der Waals surface area (Å²) in [6, 6.07) is 7.56. The smallest absolute Gasteiger partial charge is 0.335 e. The third kappa shape index (κ3) is 6.30. The average molecular weight is 291 g/mol. The van der Waals surface area contributed by atoms with Crippen LogP contribution in [0.5, 0.6) is 0 Å². The molecule has 21 heavy (non-hydrogen) atoms. The van der Waals surface area contributed by atoms with Crippen LogP contribution >= 0.6 is 0 Å². The van der Waals surface area contributed by atoms with Crippen LogP contribution in [-0.2, 0) is 6.54 Å². The van der Waals surface area contributed by atoms with Crippen LogP contribution in [0, 0.1) is 11.3 Å². The molecule has 0 fully saturated rings. The molecule has 0 spiro atoms. The molecule has 3 nitrogen and oxygen atoms in total. The fourth-order valence-electron chi connectivity index (χ4n) is 2.35. The van der Waals surface area contributed by atoms with E-state index in [2.05, 4.69) is 39.9 Å². The Kier molecular flexibility index (Phi) is 6.41. The van der Waals surface area contributed by atoms with Gasteiger partial charge in [-0.1, -0.05) is 46.8 Å². The lowest BCUT2D eigenvalue weighted by Gasteiger charge is -2.32. The Morgan fingerprint density at radius 1 is 1.14 bits per heavy atom. The Labute approximate surface area is 128 Å². The number of carboxylic acid groups (broad SMARTS) is 1. The molecule has 1 unspecified atom stereocenters. The van der Waals surface area contributed by atoms with Gasteiger partial charge in [-0.3, -0.25) is 0 Å². The van der Waals surface area contributed by atoms with Gasteiger partial charge in [-0.05, 0) is 41.9 Å². The summed E-state index contributed by atoms with van der Waals surface area (Å²) >= 11 is 0. The van der Waals surface area contributed by atoms with E-state index in [4.69, 9.17) is 5.11 Å². The fraction of sp³-hybridized carbons (Fsp3) is 0.611. The summed E-state index contributed by atoms with van der Waals surface area (Å²) in [6.45, 7) is 12.1. The van der Waals surface area contributed by atoms with Gasteiger partial charge in [-0.15, -0.1) is 0 Å². The molecule has 118 valence electrons.